The number of esters is 1. The predicted octanol–water partition coefficient (Wildman–Crippen LogP) is 20.4. The highest BCUT2D eigenvalue weighted by Crippen LogP contribution is 2.18. The first-order chi connectivity index (χ1) is 35.0. The summed E-state index contributed by atoms with van der Waals surface area (Å²) in [6.07, 6.45) is 73.7. The molecule has 2 unspecified atom stereocenters. The Balaban J connectivity index is 3.43. The number of aliphatic hydroxyl groups excluding tert-OH is 2. The summed E-state index contributed by atoms with van der Waals surface area (Å²) in [5.74, 6) is -0.0322. The molecule has 3 N–H and O–H groups in total. The molecule has 0 aromatic rings. The van der Waals surface area contributed by atoms with Crippen molar-refractivity contribution in [2.75, 3.05) is 13.2 Å². The Hall–Kier alpha value is -1.40. The number of allylic oxidation sites excluding steroid dienone is 2. The molecule has 0 spiro atoms. The van der Waals surface area contributed by atoms with E-state index in [1.165, 1.54) is 295 Å². The molecule has 0 rings (SSSR count). The second kappa shape index (κ2) is 61.1. The van der Waals surface area contributed by atoms with Gasteiger partial charge in [-0.25, -0.2) is 0 Å². The Kier molecular flexibility index (Phi) is 59.9. The molecule has 422 valence electrons. The lowest BCUT2D eigenvalue weighted by molar-refractivity contribution is -0.143. The molecular formula is C65H127NO5. The molecule has 71 heavy (non-hydrogen) atoms. The van der Waals surface area contributed by atoms with E-state index < -0.39 is 12.1 Å². The Morgan fingerprint density at radius 3 is 1.00 bits per heavy atom. The third-order valence-electron chi connectivity index (χ3n) is 15.3. The fourth-order valence-corrected chi connectivity index (χ4v) is 10.3. The standard InChI is InChI=1S/C65H127NO5/c1-3-5-7-9-11-13-15-16-17-18-19-20-21-22-25-28-31-34-38-41-45-49-53-57-63(68)62(61-67)66-64(69)58-54-50-46-42-39-35-32-29-26-23-24-27-30-33-36-40-44-48-52-56-60-71-65(70)59-55-51-47-43-37-14-12-10-8-6-4-2/h23,26,62-63,67-68H,3-22,24-25,27-61H2,1-2H3,(H,66,69)/b26-23-. The van der Waals surface area contributed by atoms with E-state index in [1.54, 1.807) is 0 Å². The third kappa shape index (κ3) is 57.7. The van der Waals surface area contributed by atoms with Crippen LogP contribution < -0.4 is 5.32 Å². The number of hydrogen-bond donors (Lipinski definition) is 3. The van der Waals surface area contributed by atoms with Crippen LogP contribution in [0.4, 0.5) is 0 Å². The zero-order chi connectivity index (χ0) is 51.4. The van der Waals surface area contributed by atoms with Crippen LogP contribution in [0.25, 0.3) is 0 Å². The van der Waals surface area contributed by atoms with Gasteiger partial charge in [-0.2, -0.15) is 0 Å². The molecule has 0 aliphatic carbocycles. The first-order valence-electron chi connectivity index (χ1n) is 32.4. The van der Waals surface area contributed by atoms with Crippen LogP contribution in [0, 0.1) is 0 Å². The molecular weight excluding hydrogens is 875 g/mol. The van der Waals surface area contributed by atoms with Gasteiger partial charge in [0.05, 0.1) is 25.4 Å². The summed E-state index contributed by atoms with van der Waals surface area (Å²) in [6.45, 7) is 4.97. The average molecular weight is 1000 g/mol. The fraction of sp³-hybridized carbons (Fsp3) is 0.938. The SMILES string of the molecule is CCCCCCCCCCCCCCCCCCCCCCCCCC(O)C(CO)NC(=O)CCCCCCCCC/C=C\CCCCCCCCCCCOC(=O)CCCCCCCCCCCCC. The van der Waals surface area contributed by atoms with Crippen LogP contribution in [-0.2, 0) is 14.3 Å². The van der Waals surface area contributed by atoms with Gasteiger partial charge in [-0.3, -0.25) is 9.59 Å². The highest BCUT2D eigenvalue weighted by Gasteiger charge is 2.20. The maximum absolute atomic E-state index is 12.5. The summed E-state index contributed by atoms with van der Waals surface area (Å²) < 4.78 is 5.46. The van der Waals surface area contributed by atoms with Gasteiger partial charge in [0, 0.05) is 12.8 Å². The van der Waals surface area contributed by atoms with Gasteiger partial charge in [0.2, 0.25) is 5.91 Å². The van der Waals surface area contributed by atoms with Crippen molar-refractivity contribution in [3.05, 3.63) is 12.2 Å². The molecule has 0 aliphatic rings. The van der Waals surface area contributed by atoms with Gasteiger partial charge in [0.15, 0.2) is 0 Å². The molecule has 1 amide bonds. The summed E-state index contributed by atoms with van der Waals surface area (Å²) >= 11 is 0. The van der Waals surface area contributed by atoms with E-state index in [-0.39, 0.29) is 18.5 Å². The Labute approximate surface area is 444 Å². The van der Waals surface area contributed by atoms with Crippen molar-refractivity contribution >= 4 is 11.9 Å². The van der Waals surface area contributed by atoms with E-state index in [2.05, 4.69) is 31.3 Å². The van der Waals surface area contributed by atoms with Gasteiger partial charge in [-0.05, 0) is 51.4 Å². The number of amides is 1. The molecule has 0 aromatic carbocycles. The van der Waals surface area contributed by atoms with E-state index in [1.807, 2.05) is 0 Å². The molecule has 0 saturated carbocycles. The number of hydrogen-bond acceptors (Lipinski definition) is 5. The van der Waals surface area contributed by atoms with Crippen molar-refractivity contribution < 1.29 is 24.5 Å². The summed E-state index contributed by atoms with van der Waals surface area (Å²) in [4.78, 5) is 24.5. The number of carbonyl (C=O) groups is 2. The average Bonchev–Trinajstić information content (AvgIpc) is 3.37. The number of rotatable bonds is 61. The predicted molar refractivity (Wildman–Crippen MR) is 310 cm³/mol. The molecule has 0 heterocycles. The van der Waals surface area contributed by atoms with Crippen LogP contribution in [0.15, 0.2) is 12.2 Å². The Morgan fingerprint density at radius 2 is 0.662 bits per heavy atom. The third-order valence-corrected chi connectivity index (χ3v) is 15.3. The normalized spacial score (nSPS) is 12.6. The maximum Gasteiger partial charge on any atom is 0.305 e. The van der Waals surface area contributed by atoms with Crippen molar-refractivity contribution in [2.24, 2.45) is 0 Å². The van der Waals surface area contributed by atoms with Crippen LogP contribution in [-0.4, -0.2) is 47.4 Å². The fourth-order valence-electron chi connectivity index (χ4n) is 10.3. The van der Waals surface area contributed by atoms with Crippen molar-refractivity contribution in [1.29, 1.82) is 0 Å². The quantitative estimate of drug-likeness (QED) is 0.0320. The molecule has 0 radical (unpaired) electrons. The zero-order valence-electron chi connectivity index (χ0n) is 48.2. The first kappa shape index (κ1) is 69.6. The minimum Gasteiger partial charge on any atom is -0.466 e. The summed E-state index contributed by atoms with van der Waals surface area (Å²) in [6, 6.07) is -0.548. The van der Waals surface area contributed by atoms with E-state index in [9.17, 15) is 19.8 Å². The molecule has 0 saturated heterocycles. The lowest BCUT2D eigenvalue weighted by Gasteiger charge is -2.22. The second-order valence-corrected chi connectivity index (χ2v) is 22.5. The topological polar surface area (TPSA) is 95.9 Å². The highest BCUT2D eigenvalue weighted by atomic mass is 16.5. The van der Waals surface area contributed by atoms with Gasteiger partial charge in [-0.1, -0.05) is 315 Å². The first-order valence-corrected chi connectivity index (χ1v) is 32.4. The van der Waals surface area contributed by atoms with Crippen LogP contribution in [0.2, 0.25) is 0 Å². The van der Waals surface area contributed by atoms with Crippen molar-refractivity contribution in [2.45, 2.75) is 379 Å². The summed E-state index contributed by atoms with van der Waals surface area (Å²) in [7, 11) is 0. The Bertz CT molecular complexity index is 1060. The molecule has 0 fully saturated rings. The highest BCUT2D eigenvalue weighted by molar-refractivity contribution is 5.76. The molecule has 0 aromatic heterocycles. The molecule has 0 aliphatic heterocycles. The van der Waals surface area contributed by atoms with Crippen molar-refractivity contribution in [1.82, 2.24) is 5.32 Å². The van der Waals surface area contributed by atoms with Crippen LogP contribution in [0.1, 0.15) is 367 Å². The van der Waals surface area contributed by atoms with Gasteiger partial charge < -0.3 is 20.3 Å². The number of nitrogens with one attached hydrogen (secondary N) is 1. The summed E-state index contributed by atoms with van der Waals surface area (Å²) in [5, 5.41) is 23.4. The zero-order valence-corrected chi connectivity index (χ0v) is 48.2. The lowest BCUT2D eigenvalue weighted by atomic mass is 10.0. The van der Waals surface area contributed by atoms with E-state index in [4.69, 9.17) is 4.74 Å². The van der Waals surface area contributed by atoms with E-state index in [0.717, 1.165) is 38.5 Å². The van der Waals surface area contributed by atoms with Crippen LogP contribution in [0.3, 0.4) is 0 Å². The van der Waals surface area contributed by atoms with Gasteiger partial charge in [-0.15, -0.1) is 0 Å². The molecule has 6 heteroatoms. The number of ether oxygens (including phenoxy) is 1. The van der Waals surface area contributed by atoms with Gasteiger partial charge >= 0.3 is 5.97 Å². The largest absolute Gasteiger partial charge is 0.466 e. The monoisotopic (exact) mass is 1000 g/mol. The summed E-state index contributed by atoms with van der Waals surface area (Å²) in [5.41, 5.74) is 0. The smallest absolute Gasteiger partial charge is 0.305 e. The van der Waals surface area contributed by atoms with Crippen molar-refractivity contribution in [3.63, 3.8) is 0 Å². The van der Waals surface area contributed by atoms with E-state index >= 15 is 0 Å². The molecule has 2 atom stereocenters. The minimum absolute atomic E-state index is 0.00692. The van der Waals surface area contributed by atoms with Crippen LogP contribution in [0.5, 0.6) is 0 Å². The second-order valence-electron chi connectivity index (χ2n) is 22.5. The number of unbranched alkanes of at least 4 members (excludes halogenated alkanes) is 48. The maximum atomic E-state index is 12.5. The van der Waals surface area contributed by atoms with E-state index in [0.29, 0.717) is 25.9 Å². The number of aliphatic hydroxyl groups is 2. The van der Waals surface area contributed by atoms with Gasteiger partial charge in [0.1, 0.15) is 0 Å². The molecule has 6 nitrogen and oxygen atoms in total. The number of carbonyl (C=O) groups excluding carboxylic acids is 2. The molecule has 0 bridgehead atoms. The lowest BCUT2D eigenvalue weighted by Crippen LogP contribution is -2.45. The Morgan fingerprint density at radius 1 is 0.380 bits per heavy atom. The van der Waals surface area contributed by atoms with Gasteiger partial charge in [0.25, 0.3) is 0 Å². The minimum atomic E-state index is -0.670. The van der Waals surface area contributed by atoms with Crippen molar-refractivity contribution in [3.8, 4) is 0 Å². The van der Waals surface area contributed by atoms with Crippen LogP contribution >= 0.6 is 0 Å².